The van der Waals surface area contributed by atoms with E-state index in [0.29, 0.717) is 31.6 Å². The molecule has 0 spiro atoms. The van der Waals surface area contributed by atoms with Crippen LogP contribution in [0.2, 0.25) is 0 Å². The highest BCUT2D eigenvalue weighted by Gasteiger charge is 2.43. The van der Waals surface area contributed by atoms with Gasteiger partial charge in [-0.3, -0.25) is 9.59 Å². The van der Waals surface area contributed by atoms with Gasteiger partial charge in [0.15, 0.2) is 0 Å². The van der Waals surface area contributed by atoms with Crippen molar-refractivity contribution in [1.82, 2.24) is 4.31 Å². The van der Waals surface area contributed by atoms with Crippen LogP contribution in [0.15, 0.2) is 29.2 Å². The summed E-state index contributed by atoms with van der Waals surface area (Å²) in [5.74, 6) is -1.30. The minimum Gasteiger partial charge on any atom is -0.481 e. The van der Waals surface area contributed by atoms with Crippen LogP contribution in [0.25, 0.3) is 0 Å². The summed E-state index contributed by atoms with van der Waals surface area (Å²) < 4.78 is 32.8. The lowest BCUT2D eigenvalue weighted by atomic mass is 9.82. The maximum Gasteiger partial charge on any atom is 0.310 e. The quantitative estimate of drug-likeness (QED) is 0.725. The minimum atomic E-state index is -3.65. The van der Waals surface area contributed by atoms with E-state index in [1.165, 1.54) is 28.6 Å². The number of carbonyl (C=O) groups excluding carboxylic acids is 1. The van der Waals surface area contributed by atoms with Gasteiger partial charge < -0.3 is 15.2 Å². The number of aliphatic carboxylic acids is 1. The predicted molar refractivity (Wildman–Crippen MR) is 107 cm³/mol. The lowest BCUT2D eigenvalue weighted by molar-refractivity contribution is -0.150. The van der Waals surface area contributed by atoms with E-state index in [1.54, 1.807) is 0 Å². The van der Waals surface area contributed by atoms with Gasteiger partial charge in [0.1, 0.15) is 0 Å². The molecule has 8 nitrogen and oxygen atoms in total. The summed E-state index contributed by atoms with van der Waals surface area (Å²) in [5.41, 5.74) is -0.548. The zero-order chi connectivity index (χ0) is 21.2. The van der Waals surface area contributed by atoms with E-state index in [4.69, 9.17) is 4.74 Å². The number of nitrogens with zero attached hydrogens (tertiary/aromatic N) is 1. The highest BCUT2D eigenvalue weighted by atomic mass is 32.2. The first-order valence-electron chi connectivity index (χ1n) is 9.91. The molecule has 2 atom stereocenters. The molecule has 1 amide bonds. The number of carboxylic acid groups (broad SMARTS) is 1. The van der Waals surface area contributed by atoms with Crippen molar-refractivity contribution in [1.29, 1.82) is 0 Å². The highest BCUT2D eigenvalue weighted by Crippen LogP contribution is 2.41. The number of sulfonamides is 1. The van der Waals surface area contributed by atoms with Crippen LogP contribution in [0.3, 0.4) is 0 Å². The Morgan fingerprint density at radius 1 is 1.14 bits per heavy atom. The Morgan fingerprint density at radius 2 is 1.69 bits per heavy atom. The molecule has 2 N–H and O–H groups in total. The van der Waals surface area contributed by atoms with Crippen molar-refractivity contribution >= 4 is 27.6 Å². The van der Waals surface area contributed by atoms with E-state index in [9.17, 15) is 23.1 Å². The monoisotopic (exact) mass is 424 g/mol. The SMILES string of the molecule is CC1CN(S(=O)(=O)c2ccc(NC(=O)CC3(C(=O)O)CCCC3)cc2)CC(C)O1. The van der Waals surface area contributed by atoms with Gasteiger partial charge in [-0.05, 0) is 51.0 Å². The molecule has 9 heteroatoms. The lowest BCUT2D eigenvalue weighted by Gasteiger charge is -2.34. The van der Waals surface area contributed by atoms with Crippen molar-refractivity contribution in [3.05, 3.63) is 24.3 Å². The van der Waals surface area contributed by atoms with Crippen molar-refractivity contribution < 1.29 is 27.9 Å². The second-order valence-corrected chi connectivity index (χ2v) is 10.1. The van der Waals surface area contributed by atoms with E-state index in [0.717, 1.165) is 12.8 Å². The number of hydrogen-bond donors (Lipinski definition) is 2. The standard InChI is InChI=1S/C20H28N2O6S/c1-14-12-22(13-15(2)28-14)29(26,27)17-7-5-16(6-8-17)21-18(23)11-20(19(24)25)9-3-4-10-20/h5-8,14-15H,3-4,9-13H2,1-2H3,(H,21,23)(H,24,25). The van der Waals surface area contributed by atoms with Crippen LogP contribution >= 0.6 is 0 Å². The number of hydrogen-bond acceptors (Lipinski definition) is 5. The second kappa shape index (κ2) is 8.41. The Bertz CT molecular complexity index is 851. The van der Waals surface area contributed by atoms with Crippen LogP contribution in [0.4, 0.5) is 5.69 Å². The molecule has 29 heavy (non-hydrogen) atoms. The van der Waals surface area contributed by atoms with E-state index in [1.807, 2.05) is 13.8 Å². The first kappa shape index (κ1) is 21.7. The van der Waals surface area contributed by atoms with Crippen LogP contribution < -0.4 is 5.32 Å². The number of amides is 1. The van der Waals surface area contributed by atoms with Gasteiger partial charge in [0.2, 0.25) is 15.9 Å². The van der Waals surface area contributed by atoms with Gasteiger partial charge in [0.05, 0.1) is 22.5 Å². The van der Waals surface area contributed by atoms with Crippen LogP contribution in [0.5, 0.6) is 0 Å². The average Bonchev–Trinajstić information content (AvgIpc) is 3.11. The molecule has 1 heterocycles. The third-order valence-corrected chi connectivity index (χ3v) is 7.52. The molecule has 1 saturated heterocycles. The number of anilines is 1. The third-order valence-electron chi connectivity index (χ3n) is 5.68. The fourth-order valence-corrected chi connectivity index (χ4v) is 5.81. The molecule has 1 aliphatic heterocycles. The Morgan fingerprint density at radius 3 is 2.21 bits per heavy atom. The topological polar surface area (TPSA) is 113 Å². The normalized spacial score (nSPS) is 24.9. The summed E-state index contributed by atoms with van der Waals surface area (Å²) in [7, 11) is -3.65. The molecule has 0 aromatic heterocycles. The van der Waals surface area contributed by atoms with E-state index < -0.39 is 21.4 Å². The molecule has 1 saturated carbocycles. The van der Waals surface area contributed by atoms with E-state index in [2.05, 4.69) is 5.32 Å². The molecular weight excluding hydrogens is 396 g/mol. The fourth-order valence-electron chi connectivity index (χ4n) is 4.22. The maximum atomic E-state index is 12.9. The number of ether oxygens (including phenoxy) is 1. The van der Waals surface area contributed by atoms with Crippen molar-refractivity contribution in [3.63, 3.8) is 0 Å². The largest absolute Gasteiger partial charge is 0.481 e. The number of nitrogens with one attached hydrogen (secondary N) is 1. The number of carboxylic acids is 1. The van der Waals surface area contributed by atoms with Crippen molar-refractivity contribution in [2.75, 3.05) is 18.4 Å². The van der Waals surface area contributed by atoms with Crippen molar-refractivity contribution in [2.45, 2.75) is 63.1 Å². The Hall–Kier alpha value is -1.97. The van der Waals surface area contributed by atoms with Crippen molar-refractivity contribution in [2.24, 2.45) is 5.41 Å². The molecule has 3 rings (SSSR count). The number of rotatable bonds is 6. The van der Waals surface area contributed by atoms with Crippen LogP contribution in [-0.4, -0.2) is 55.0 Å². The van der Waals surface area contributed by atoms with Crippen LogP contribution in [0, 0.1) is 5.41 Å². The minimum absolute atomic E-state index is 0.0774. The molecule has 0 bridgehead atoms. The summed E-state index contributed by atoms with van der Waals surface area (Å²) >= 11 is 0. The zero-order valence-corrected chi connectivity index (χ0v) is 17.6. The third kappa shape index (κ3) is 4.79. The van der Waals surface area contributed by atoms with Gasteiger partial charge in [-0.2, -0.15) is 4.31 Å². The summed E-state index contributed by atoms with van der Waals surface area (Å²) in [4.78, 5) is 24.1. The number of benzene rings is 1. The predicted octanol–water partition coefficient (Wildman–Crippen LogP) is 2.46. The van der Waals surface area contributed by atoms with E-state index >= 15 is 0 Å². The summed E-state index contributed by atoms with van der Waals surface area (Å²) in [6.07, 6.45) is 2.20. The lowest BCUT2D eigenvalue weighted by Crippen LogP contribution is -2.48. The molecule has 160 valence electrons. The molecule has 2 aliphatic rings. The van der Waals surface area contributed by atoms with Crippen molar-refractivity contribution in [3.8, 4) is 0 Å². The van der Waals surface area contributed by atoms with E-state index in [-0.39, 0.29) is 29.4 Å². The summed E-state index contributed by atoms with van der Waals surface area (Å²) in [5, 5.41) is 12.2. The number of carbonyl (C=O) groups is 2. The fraction of sp³-hybridized carbons (Fsp3) is 0.600. The first-order valence-corrected chi connectivity index (χ1v) is 11.4. The smallest absolute Gasteiger partial charge is 0.310 e. The van der Waals surface area contributed by atoms with Gasteiger partial charge in [0, 0.05) is 25.2 Å². The summed E-state index contributed by atoms with van der Waals surface area (Å²) in [6, 6.07) is 5.97. The number of morpholine rings is 1. The molecule has 0 radical (unpaired) electrons. The van der Waals surface area contributed by atoms with Gasteiger partial charge in [-0.1, -0.05) is 12.8 Å². The maximum absolute atomic E-state index is 12.9. The molecule has 2 unspecified atom stereocenters. The Kier molecular flexibility index (Phi) is 6.30. The highest BCUT2D eigenvalue weighted by molar-refractivity contribution is 7.89. The zero-order valence-electron chi connectivity index (χ0n) is 16.8. The second-order valence-electron chi connectivity index (χ2n) is 8.12. The molecule has 1 aromatic rings. The van der Waals surface area contributed by atoms with Gasteiger partial charge in [0.25, 0.3) is 0 Å². The Balaban J connectivity index is 1.67. The summed E-state index contributed by atoms with van der Waals surface area (Å²) in [6.45, 7) is 4.26. The Labute approximate surface area is 171 Å². The molecular formula is C20H28N2O6S. The van der Waals surface area contributed by atoms with Crippen LogP contribution in [0.1, 0.15) is 46.0 Å². The van der Waals surface area contributed by atoms with Gasteiger partial charge >= 0.3 is 5.97 Å². The molecule has 1 aromatic carbocycles. The first-order chi connectivity index (χ1) is 13.6. The molecule has 1 aliphatic carbocycles. The van der Waals surface area contributed by atoms with Gasteiger partial charge in [-0.25, -0.2) is 8.42 Å². The van der Waals surface area contributed by atoms with Crippen LogP contribution in [-0.2, 0) is 24.3 Å². The van der Waals surface area contributed by atoms with Gasteiger partial charge in [-0.15, -0.1) is 0 Å². The molecule has 2 fully saturated rings. The average molecular weight is 425 g/mol.